The van der Waals surface area contributed by atoms with Crippen LogP contribution in [0.4, 0.5) is 13.2 Å². The van der Waals surface area contributed by atoms with E-state index in [1.54, 1.807) is 6.92 Å². The highest BCUT2D eigenvalue weighted by molar-refractivity contribution is 6.34. The Bertz CT molecular complexity index is 938. The van der Waals surface area contributed by atoms with Gasteiger partial charge in [0.2, 0.25) is 0 Å². The van der Waals surface area contributed by atoms with Gasteiger partial charge in [0.05, 0.1) is 17.1 Å². The van der Waals surface area contributed by atoms with Crippen LogP contribution in [0.15, 0.2) is 48.5 Å². The van der Waals surface area contributed by atoms with Gasteiger partial charge in [0.1, 0.15) is 0 Å². The summed E-state index contributed by atoms with van der Waals surface area (Å²) >= 11 is 6.11. The van der Waals surface area contributed by atoms with E-state index in [0.717, 1.165) is 12.1 Å². The summed E-state index contributed by atoms with van der Waals surface area (Å²) in [7, 11) is 3.07. The zero-order chi connectivity index (χ0) is 23.4. The molecular formula is C21H22ClF3N2O4. The molecule has 0 saturated heterocycles. The lowest BCUT2D eigenvalue weighted by Crippen LogP contribution is -2.56. The number of alkyl halides is 3. The molecule has 0 radical (unpaired) electrons. The number of hydroxylamine groups is 2. The number of hydrogen-bond donors (Lipinski definition) is 1. The Labute approximate surface area is 182 Å². The standard InChI is InChI=1S/C21H22ClF3N2O4/c1-4-12-27(31-15-10-11-16(17(22)13-15)18(28)26(2)3)19(29)20(30,21(23,24)25)14-8-6-5-7-9-14/h5-11,13,30H,4,12H2,1-3H3/t20-/m1/s1. The van der Waals surface area contributed by atoms with Crippen LogP contribution in [-0.2, 0) is 10.4 Å². The zero-order valence-electron chi connectivity index (χ0n) is 17.1. The van der Waals surface area contributed by atoms with E-state index < -0.39 is 23.2 Å². The minimum atomic E-state index is -5.31. The van der Waals surface area contributed by atoms with E-state index in [1.807, 2.05) is 0 Å². The minimum absolute atomic E-state index is 0.00533. The summed E-state index contributed by atoms with van der Waals surface area (Å²) < 4.78 is 41.5. The van der Waals surface area contributed by atoms with Crippen molar-refractivity contribution in [2.75, 3.05) is 20.6 Å². The molecule has 2 rings (SSSR count). The van der Waals surface area contributed by atoms with Crippen LogP contribution in [0.5, 0.6) is 5.75 Å². The molecule has 1 N–H and O–H groups in total. The number of nitrogens with zero attached hydrogens (tertiary/aromatic N) is 2. The highest BCUT2D eigenvalue weighted by Crippen LogP contribution is 2.40. The Hall–Kier alpha value is -2.78. The van der Waals surface area contributed by atoms with Gasteiger partial charge in [0.15, 0.2) is 5.75 Å². The predicted octanol–water partition coefficient (Wildman–Crippen LogP) is 4.02. The SMILES string of the molecule is CCCN(Oc1ccc(C(=O)N(C)C)c(Cl)c1)C(=O)[C@](O)(c1ccccc1)C(F)(F)F. The summed E-state index contributed by atoms with van der Waals surface area (Å²) in [5, 5.41) is 11.0. The molecule has 2 aromatic carbocycles. The molecule has 6 nitrogen and oxygen atoms in total. The number of aliphatic hydroxyl groups is 1. The van der Waals surface area contributed by atoms with Gasteiger partial charge in [-0.3, -0.25) is 9.59 Å². The summed E-state index contributed by atoms with van der Waals surface area (Å²) in [6, 6.07) is 9.89. The van der Waals surface area contributed by atoms with Gasteiger partial charge in [-0.1, -0.05) is 48.9 Å². The fourth-order valence-corrected chi connectivity index (χ4v) is 3.01. The molecule has 0 unspecified atom stereocenters. The average molecular weight is 459 g/mol. The number of hydrogen-bond acceptors (Lipinski definition) is 4. The normalized spacial score (nSPS) is 13.3. The summed E-state index contributed by atoms with van der Waals surface area (Å²) in [5.41, 5.74) is -4.29. The van der Waals surface area contributed by atoms with Crippen molar-refractivity contribution in [1.29, 1.82) is 0 Å². The fraction of sp³-hybridized carbons (Fsp3) is 0.333. The van der Waals surface area contributed by atoms with Crippen LogP contribution >= 0.6 is 11.6 Å². The van der Waals surface area contributed by atoms with Crippen LogP contribution in [0.25, 0.3) is 0 Å². The largest absolute Gasteiger partial charge is 0.430 e. The summed E-state index contributed by atoms with van der Waals surface area (Å²) in [4.78, 5) is 31.7. The molecule has 0 aliphatic carbocycles. The Kier molecular flexibility index (Phi) is 7.56. The lowest BCUT2D eigenvalue weighted by Gasteiger charge is -2.34. The van der Waals surface area contributed by atoms with Gasteiger partial charge in [-0.2, -0.15) is 18.2 Å². The lowest BCUT2D eigenvalue weighted by atomic mass is 9.92. The average Bonchev–Trinajstić information content (AvgIpc) is 2.71. The topological polar surface area (TPSA) is 70.1 Å². The second kappa shape index (κ2) is 9.57. The summed E-state index contributed by atoms with van der Waals surface area (Å²) in [6.07, 6.45) is -5.06. The summed E-state index contributed by atoms with van der Waals surface area (Å²) in [6.45, 7) is 1.39. The van der Waals surface area contributed by atoms with Crippen molar-refractivity contribution in [3.8, 4) is 5.75 Å². The van der Waals surface area contributed by atoms with Crippen molar-refractivity contribution in [1.82, 2.24) is 9.96 Å². The third-order valence-corrected chi connectivity index (χ3v) is 4.67. The van der Waals surface area contributed by atoms with Crippen LogP contribution in [0, 0.1) is 0 Å². The molecular weight excluding hydrogens is 437 g/mol. The van der Waals surface area contributed by atoms with E-state index in [4.69, 9.17) is 16.4 Å². The maximum absolute atomic E-state index is 13.8. The molecule has 2 amide bonds. The Morgan fingerprint density at radius 2 is 1.71 bits per heavy atom. The third-order valence-electron chi connectivity index (χ3n) is 4.36. The molecule has 10 heteroatoms. The molecule has 2 aromatic rings. The van der Waals surface area contributed by atoms with Gasteiger partial charge in [-0.25, -0.2) is 0 Å². The molecule has 0 spiro atoms. The van der Waals surface area contributed by atoms with Crippen molar-refractivity contribution in [2.24, 2.45) is 0 Å². The zero-order valence-corrected chi connectivity index (χ0v) is 17.9. The van der Waals surface area contributed by atoms with Gasteiger partial charge >= 0.3 is 12.1 Å². The first-order valence-corrected chi connectivity index (χ1v) is 9.67. The number of halogens is 4. The van der Waals surface area contributed by atoms with Crippen molar-refractivity contribution in [3.05, 3.63) is 64.7 Å². The van der Waals surface area contributed by atoms with Crippen LogP contribution in [0.2, 0.25) is 5.02 Å². The minimum Gasteiger partial charge on any atom is -0.377 e. The molecule has 0 fully saturated rings. The smallest absolute Gasteiger partial charge is 0.377 e. The highest BCUT2D eigenvalue weighted by Gasteiger charge is 2.62. The van der Waals surface area contributed by atoms with Gasteiger partial charge < -0.3 is 14.8 Å². The molecule has 1 atom stereocenters. The molecule has 0 saturated carbocycles. The highest BCUT2D eigenvalue weighted by atomic mass is 35.5. The lowest BCUT2D eigenvalue weighted by molar-refractivity contribution is -0.270. The maximum Gasteiger partial charge on any atom is 0.430 e. The van der Waals surface area contributed by atoms with Crippen LogP contribution < -0.4 is 4.84 Å². The molecule has 31 heavy (non-hydrogen) atoms. The number of amides is 2. The van der Waals surface area contributed by atoms with Crippen molar-refractivity contribution < 1.29 is 32.7 Å². The number of benzene rings is 2. The molecule has 0 aliphatic rings. The van der Waals surface area contributed by atoms with E-state index in [0.29, 0.717) is 5.06 Å². The maximum atomic E-state index is 13.8. The van der Waals surface area contributed by atoms with Gasteiger partial charge in [0, 0.05) is 25.7 Å². The second-order valence-electron chi connectivity index (χ2n) is 6.91. The molecule has 0 heterocycles. The molecule has 168 valence electrons. The predicted molar refractivity (Wildman–Crippen MR) is 108 cm³/mol. The van der Waals surface area contributed by atoms with Crippen LogP contribution in [0.3, 0.4) is 0 Å². The quantitative estimate of drug-likeness (QED) is 0.636. The van der Waals surface area contributed by atoms with Crippen LogP contribution in [0.1, 0.15) is 29.3 Å². The Morgan fingerprint density at radius 3 is 2.19 bits per heavy atom. The molecule has 0 bridgehead atoms. The number of rotatable bonds is 7. The fourth-order valence-electron chi connectivity index (χ4n) is 2.75. The third kappa shape index (κ3) is 5.11. The van der Waals surface area contributed by atoms with Crippen molar-refractivity contribution in [3.63, 3.8) is 0 Å². The van der Waals surface area contributed by atoms with Gasteiger partial charge in [-0.05, 0) is 18.6 Å². The second-order valence-corrected chi connectivity index (χ2v) is 7.32. The number of carbonyl (C=O) groups excluding carboxylic acids is 2. The van der Waals surface area contributed by atoms with Gasteiger partial charge in [-0.15, -0.1) is 0 Å². The van der Waals surface area contributed by atoms with Crippen molar-refractivity contribution >= 4 is 23.4 Å². The Morgan fingerprint density at radius 1 is 1.10 bits per heavy atom. The summed E-state index contributed by atoms with van der Waals surface area (Å²) in [5.74, 6) is -2.15. The molecule has 0 aliphatic heterocycles. The van der Waals surface area contributed by atoms with E-state index in [9.17, 15) is 27.9 Å². The monoisotopic (exact) mass is 458 g/mol. The number of carbonyl (C=O) groups is 2. The molecule has 0 aromatic heterocycles. The van der Waals surface area contributed by atoms with Crippen LogP contribution in [-0.4, -0.2) is 53.7 Å². The van der Waals surface area contributed by atoms with E-state index in [1.165, 1.54) is 55.4 Å². The first-order chi connectivity index (χ1) is 14.4. The van der Waals surface area contributed by atoms with E-state index in [-0.39, 0.29) is 35.2 Å². The van der Waals surface area contributed by atoms with E-state index in [2.05, 4.69) is 0 Å². The van der Waals surface area contributed by atoms with E-state index >= 15 is 0 Å². The first kappa shape index (κ1) is 24.5. The van der Waals surface area contributed by atoms with Crippen molar-refractivity contribution in [2.45, 2.75) is 25.1 Å². The Balaban J connectivity index is 2.42. The van der Waals surface area contributed by atoms with Gasteiger partial charge in [0.25, 0.3) is 11.5 Å². The first-order valence-electron chi connectivity index (χ1n) is 9.29.